The van der Waals surface area contributed by atoms with Gasteiger partial charge < -0.3 is 0 Å². The maximum absolute atomic E-state index is 12.5. The average molecular weight is 305 g/mol. The van der Waals surface area contributed by atoms with E-state index in [1.165, 1.54) is 17.7 Å². The number of thiophene rings is 2. The highest BCUT2D eigenvalue weighted by molar-refractivity contribution is 7.18. The first-order valence-electron chi connectivity index (χ1n) is 6.03. The van der Waals surface area contributed by atoms with Gasteiger partial charge in [0.2, 0.25) is 5.91 Å². The van der Waals surface area contributed by atoms with Gasteiger partial charge in [-0.05, 0) is 11.4 Å². The van der Waals surface area contributed by atoms with Crippen LogP contribution >= 0.6 is 22.7 Å². The Morgan fingerprint density at radius 2 is 2.30 bits per heavy atom. The summed E-state index contributed by atoms with van der Waals surface area (Å²) in [7, 11) is 0. The number of hydrogen-bond donors (Lipinski definition) is 1. The van der Waals surface area contributed by atoms with Crippen LogP contribution in [-0.4, -0.2) is 15.6 Å². The molecule has 0 bridgehead atoms. The maximum atomic E-state index is 12.5. The van der Waals surface area contributed by atoms with Crippen molar-refractivity contribution < 1.29 is 4.79 Å². The van der Waals surface area contributed by atoms with E-state index >= 15 is 0 Å². The molecule has 1 amide bonds. The fourth-order valence-corrected chi connectivity index (χ4v) is 3.56. The van der Waals surface area contributed by atoms with E-state index in [1.54, 1.807) is 18.3 Å². The van der Waals surface area contributed by atoms with Crippen LogP contribution in [0.15, 0.2) is 34.0 Å². The number of fused-ring (bicyclic) bond motifs is 1. The zero-order valence-corrected chi connectivity index (χ0v) is 12.3. The Kier molecular flexibility index (Phi) is 3.37. The minimum atomic E-state index is -0.249. The number of nitrogens with zero attached hydrogens (tertiary/aromatic N) is 2. The molecule has 3 aromatic heterocycles. The number of carbonyl (C=O) groups excluding carboxylic acids is 1. The molecule has 0 aromatic carbocycles. The topological polar surface area (TPSA) is 64.0 Å². The van der Waals surface area contributed by atoms with Crippen molar-refractivity contribution in [3.63, 3.8) is 0 Å². The molecule has 20 heavy (non-hydrogen) atoms. The lowest BCUT2D eigenvalue weighted by atomic mass is 10.2. The van der Waals surface area contributed by atoms with Crippen LogP contribution in [0.3, 0.4) is 0 Å². The summed E-state index contributed by atoms with van der Waals surface area (Å²) in [6.07, 6.45) is 1.67. The smallest absolute Gasteiger partial charge is 0.273 e. The van der Waals surface area contributed by atoms with Crippen LogP contribution in [0.2, 0.25) is 0 Å². The summed E-state index contributed by atoms with van der Waals surface area (Å²) in [4.78, 5) is 29.8. The van der Waals surface area contributed by atoms with Crippen molar-refractivity contribution in [1.29, 1.82) is 0 Å². The van der Waals surface area contributed by atoms with Crippen molar-refractivity contribution in [3.05, 3.63) is 39.6 Å². The number of rotatable bonds is 3. The van der Waals surface area contributed by atoms with Gasteiger partial charge in [-0.15, -0.1) is 22.7 Å². The molecule has 3 aromatic rings. The van der Waals surface area contributed by atoms with Gasteiger partial charge in [-0.1, -0.05) is 13.0 Å². The van der Waals surface area contributed by atoms with Crippen molar-refractivity contribution in [2.45, 2.75) is 13.3 Å². The molecule has 7 heteroatoms. The highest BCUT2D eigenvalue weighted by atomic mass is 32.1. The summed E-state index contributed by atoms with van der Waals surface area (Å²) < 4.78 is 1.15. The number of hydrogen-bond acceptors (Lipinski definition) is 5. The number of nitrogens with one attached hydrogen (secondary N) is 1. The number of amides is 1. The van der Waals surface area contributed by atoms with E-state index < -0.39 is 0 Å². The van der Waals surface area contributed by atoms with Crippen LogP contribution in [0.25, 0.3) is 20.7 Å². The van der Waals surface area contributed by atoms with Gasteiger partial charge in [0.15, 0.2) is 0 Å². The summed E-state index contributed by atoms with van der Waals surface area (Å²) in [5, 5.41) is 4.44. The SMILES string of the molecule is CCC(=O)Nn1cnc2scc(-c3cccs3)c2c1=O. The summed E-state index contributed by atoms with van der Waals surface area (Å²) in [6.45, 7) is 1.73. The molecule has 0 radical (unpaired) electrons. The van der Waals surface area contributed by atoms with E-state index in [4.69, 9.17) is 0 Å². The van der Waals surface area contributed by atoms with Crippen molar-refractivity contribution in [2.75, 3.05) is 5.43 Å². The number of carbonyl (C=O) groups is 1. The summed E-state index contributed by atoms with van der Waals surface area (Å²) >= 11 is 3.00. The molecular weight excluding hydrogens is 294 g/mol. The lowest BCUT2D eigenvalue weighted by Gasteiger charge is -2.06. The van der Waals surface area contributed by atoms with E-state index in [0.717, 1.165) is 15.1 Å². The summed E-state index contributed by atoms with van der Waals surface area (Å²) in [5.74, 6) is -0.221. The molecule has 0 saturated carbocycles. The van der Waals surface area contributed by atoms with Gasteiger partial charge in [-0.3, -0.25) is 15.0 Å². The molecule has 0 aliphatic carbocycles. The summed E-state index contributed by atoms with van der Waals surface area (Å²) in [6, 6.07) is 3.91. The third-order valence-electron chi connectivity index (χ3n) is 2.85. The van der Waals surface area contributed by atoms with Crippen molar-refractivity contribution in [2.24, 2.45) is 0 Å². The minimum absolute atomic E-state index is 0.221. The standard InChI is InChI=1S/C13H11N3O2S2/c1-2-10(17)15-16-7-14-12-11(13(16)18)8(6-20-12)9-4-3-5-19-9/h3-7H,2H2,1H3,(H,15,17). The second kappa shape index (κ2) is 5.18. The van der Waals surface area contributed by atoms with Crippen LogP contribution in [0.4, 0.5) is 0 Å². The molecule has 0 saturated heterocycles. The summed E-state index contributed by atoms with van der Waals surface area (Å²) in [5.41, 5.74) is 3.15. The van der Waals surface area contributed by atoms with Gasteiger partial charge in [-0.2, -0.15) is 0 Å². The Bertz CT molecular complexity index is 818. The molecule has 0 unspecified atom stereocenters. The molecule has 0 spiro atoms. The second-order valence-electron chi connectivity index (χ2n) is 4.12. The van der Waals surface area contributed by atoms with E-state index in [2.05, 4.69) is 10.4 Å². The lowest BCUT2D eigenvalue weighted by Crippen LogP contribution is -2.32. The first kappa shape index (κ1) is 13.0. The molecule has 3 heterocycles. The second-order valence-corrected chi connectivity index (χ2v) is 5.92. The monoisotopic (exact) mass is 305 g/mol. The van der Waals surface area contributed by atoms with Crippen LogP contribution in [0.5, 0.6) is 0 Å². The first-order valence-corrected chi connectivity index (χ1v) is 7.79. The molecule has 5 nitrogen and oxygen atoms in total. The zero-order valence-electron chi connectivity index (χ0n) is 10.6. The molecule has 102 valence electrons. The Morgan fingerprint density at radius 1 is 1.45 bits per heavy atom. The van der Waals surface area contributed by atoms with E-state index in [-0.39, 0.29) is 11.5 Å². The average Bonchev–Trinajstić information content (AvgIpc) is 3.09. The van der Waals surface area contributed by atoms with Gasteiger partial charge in [0.25, 0.3) is 5.56 Å². The normalized spacial score (nSPS) is 10.8. The predicted octanol–water partition coefficient (Wildman–Crippen LogP) is 2.67. The molecule has 0 fully saturated rings. The van der Waals surface area contributed by atoms with Gasteiger partial charge in [0.1, 0.15) is 11.2 Å². The number of aromatic nitrogens is 2. The lowest BCUT2D eigenvalue weighted by molar-refractivity contribution is -0.116. The molecule has 0 atom stereocenters. The Morgan fingerprint density at radius 3 is 3.00 bits per heavy atom. The molecule has 0 aliphatic rings. The highest BCUT2D eigenvalue weighted by Crippen LogP contribution is 2.33. The van der Waals surface area contributed by atoms with Crippen LogP contribution in [-0.2, 0) is 4.79 Å². The van der Waals surface area contributed by atoms with Gasteiger partial charge in [-0.25, -0.2) is 9.66 Å². The fourth-order valence-electron chi connectivity index (χ4n) is 1.84. The Hall–Kier alpha value is -1.99. The molecule has 3 rings (SSSR count). The predicted molar refractivity (Wildman–Crippen MR) is 81.9 cm³/mol. The van der Waals surface area contributed by atoms with Gasteiger partial charge in [0.05, 0.1) is 5.39 Å². The maximum Gasteiger partial charge on any atom is 0.281 e. The van der Waals surface area contributed by atoms with Crippen molar-refractivity contribution >= 4 is 38.8 Å². The molecule has 1 N–H and O–H groups in total. The zero-order chi connectivity index (χ0) is 14.1. The van der Waals surface area contributed by atoms with Crippen molar-refractivity contribution in [3.8, 4) is 10.4 Å². The largest absolute Gasteiger partial charge is 0.281 e. The van der Waals surface area contributed by atoms with Gasteiger partial charge >= 0.3 is 0 Å². The molecule has 0 aliphatic heterocycles. The Labute approximate surface area is 122 Å². The van der Waals surface area contributed by atoms with E-state index in [9.17, 15) is 9.59 Å². The van der Waals surface area contributed by atoms with Gasteiger partial charge in [0, 0.05) is 22.2 Å². The fraction of sp³-hybridized carbons (Fsp3) is 0.154. The quantitative estimate of drug-likeness (QED) is 0.809. The van der Waals surface area contributed by atoms with Crippen LogP contribution < -0.4 is 11.0 Å². The third-order valence-corrected chi connectivity index (χ3v) is 4.64. The third kappa shape index (κ3) is 2.14. The Balaban J connectivity index is 2.18. The van der Waals surface area contributed by atoms with Crippen LogP contribution in [0, 0.1) is 0 Å². The minimum Gasteiger partial charge on any atom is -0.273 e. The van der Waals surface area contributed by atoms with Crippen LogP contribution in [0.1, 0.15) is 13.3 Å². The first-order chi connectivity index (χ1) is 9.70. The molecular formula is C13H11N3O2S2. The van der Waals surface area contributed by atoms with E-state index in [0.29, 0.717) is 16.6 Å². The van der Waals surface area contributed by atoms with Crippen molar-refractivity contribution in [1.82, 2.24) is 9.66 Å². The van der Waals surface area contributed by atoms with E-state index in [1.807, 2.05) is 22.9 Å². The highest BCUT2D eigenvalue weighted by Gasteiger charge is 2.14.